The lowest BCUT2D eigenvalue weighted by molar-refractivity contribution is -0.167. The molecule has 2 rings (SSSR count). The number of nitrogens with zero attached hydrogens (tertiary/aromatic N) is 2. The van der Waals surface area contributed by atoms with Crippen LogP contribution in [-0.2, 0) is 11.3 Å². The van der Waals surface area contributed by atoms with E-state index in [-0.39, 0.29) is 5.82 Å². The first kappa shape index (κ1) is 16.8. The second-order valence-electron chi connectivity index (χ2n) is 4.48. The maximum atomic E-state index is 12.3. The van der Waals surface area contributed by atoms with E-state index in [0.717, 1.165) is 5.56 Å². The highest BCUT2D eigenvalue weighted by atomic mass is 79.9. The fourth-order valence-corrected chi connectivity index (χ4v) is 2.21. The smallest absolute Gasteiger partial charge is 0.300 e. The normalized spacial score (nSPS) is 11.5. The summed E-state index contributed by atoms with van der Waals surface area (Å²) < 4.78 is 38.6. The first-order chi connectivity index (χ1) is 10.2. The second-order valence-corrected chi connectivity index (χ2v) is 5.71. The third-order valence-corrected chi connectivity index (χ3v) is 4.07. The summed E-state index contributed by atoms with van der Waals surface area (Å²) in [5.74, 6) is -2.24. The molecule has 0 atom stereocenters. The minimum absolute atomic E-state index is 0.172. The van der Waals surface area contributed by atoms with E-state index in [4.69, 9.17) is 11.6 Å². The number of alkyl halides is 3. The van der Waals surface area contributed by atoms with Gasteiger partial charge in [-0.05, 0) is 40.5 Å². The van der Waals surface area contributed by atoms with Gasteiger partial charge in [-0.1, -0.05) is 23.7 Å². The van der Waals surface area contributed by atoms with E-state index < -0.39 is 12.1 Å². The van der Waals surface area contributed by atoms with Crippen molar-refractivity contribution in [1.29, 1.82) is 0 Å². The van der Waals surface area contributed by atoms with E-state index >= 15 is 0 Å². The Balaban J connectivity index is 2.22. The summed E-state index contributed by atoms with van der Waals surface area (Å²) in [6.45, 7) is 2.01. The minimum atomic E-state index is -4.96. The molecule has 0 fully saturated rings. The van der Waals surface area contributed by atoms with Gasteiger partial charge in [-0.15, -0.1) is 0 Å². The van der Waals surface area contributed by atoms with Gasteiger partial charge in [0.25, 0.3) is 0 Å². The Labute approximate surface area is 137 Å². The van der Waals surface area contributed by atoms with Crippen molar-refractivity contribution in [3.8, 4) is 0 Å². The molecule has 1 heterocycles. The van der Waals surface area contributed by atoms with Gasteiger partial charge in [0.15, 0.2) is 5.82 Å². The number of carbonyl (C=O) groups excluding carboxylic acids is 1. The Morgan fingerprint density at radius 1 is 1.36 bits per heavy atom. The maximum Gasteiger partial charge on any atom is 0.471 e. The van der Waals surface area contributed by atoms with Crippen molar-refractivity contribution in [3.63, 3.8) is 0 Å². The number of rotatable bonds is 3. The number of carbonyl (C=O) groups is 1. The zero-order valence-electron chi connectivity index (χ0n) is 11.2. The van der Waals surface area contributed by atoms with E-state index in [1.54, 1.807) is 36.5 Å². The van der Waals surface area contributed by atoms with Crippen molar-refractivity contribution in [2.24, 2.45) is 0 Å². The zero-order valence-corrected chi connectivity index (χ0v) is 13.6. The molecule has 118 valence electrons. The van der Waals surface area contributed by atoms with Crippen LogP contribution in [-0.4, -0.2) is 21.9 Å². The largest absolute Gasteiger partial charge is 0.471 e. The third-order valence-electron chi connectivity index (χ3n) is 2.87. The van der Waals surface area contributed by atoms with Gasteiger partial charge in [0.1, 0.15) is 0 Å². The van der Waals surface area contributed by atoms with Crippen LogP contribution in [0.1, 0.15) is 11.3 Å². The predicted octanol–water partition coefficient (Wildman–Crippen LogP) is 4.16. The molecule has 0 unspecified atom stereocenters. The molecule has 1 N–H and O–H groups in total. The molecule has 0 aliphatic carbocycles. The zero-order chi connectivity index (χ0) is 16.5. The summed E-state index contributed by atoms with van der Waals surface area (Å²) in [6, 6.07) is 6.98. The molecule has 9 heteroatoms. The predicted molar refractivity (Wildman–Crippen MR) is 79.9 cm³/mol. The molecule has 0 aliphatic rings. The monoisotopic (exact) mass is 395 g/mol. The standard InChI is InChI=1S/C13H10BrClF3N3O/c1-7-10(14)11(19-12(22)13(16,17)18)20-21(7)6-8-2-4-9(15)5-3-8/h2-5H,6H2,1H3,(H,19,20,22). The summed E-state index contributed by atoms with van der Waals surface area (Å²) in [7, 11) is 0. The first-order valence-electron chi connectivity index (χ1n) is 6.04. The van der Waals surface area contributed by atoms with Crippen molar-refractivity contribution in [2.75, 3.05) is 5.32 Å². The molecule has 0 aliphatic heterocycles. The van der Waals surface area contributed by atoms with Gasteiger partial charge >= 0.3 is 12.1 Å². The highest BCUT2D eigenvalue weighted by Gasteiger charge is 2.39. The maximum absolute atomic E-state index is 12.3. The molecule has 1 aromatic carbocycles. The summed E-state index contributed by atoms with van der Waals surface area (Å²) in [4.78, 5) is 11.0. The van der Waals surface area contributed by atoms with Crippen LogP contribution in [0.3, 0.4) is 0 Å². The molecule has 0 saturated carbocycles. The minimum Gasteiger partial charge on any atom is -0.300 e. The molecule has 22 heavy (non-hydrogen) atoms. The Bertz CT molecular complexity index is 698. The number of nitrogens with one attached hydrogen (secondary N) is 1. The molecule has 0 saturated heterocycles. The molecule has 2 aromatic rings. The van der Waals surface area contributed by atoms with Crippen LogP contribution in [0, 0.1) is 6.92 Å². The van der Waals surface area contributed by atoms with Crippen LogP contribution in [0.2, 0.25) is 5.02 Å². The Kier molecular flexibility index (Phi) is 4.81. The molecular weight excluding hydrogens is 387 g/mol. The molecule has 4 nitrogen and oxygen atoms in total. The van der Waals surface area contributed by atoms with E-state index in [1.165, 1.54) is 4.68 Å². The number of hydrogen-bond acceptors (Lipinski definition) is 2. The fourth-order valence-electron chi connectivity index (χ4n) is 1.70. The Hall–Kier alpha value is -1.54. The van der Waals surface area contributed by atoms with Gasteiger partial charge < -0.3 is 5.32 Å². The van der Waals surface area contributed by atoms with Gasteiger partial charge in [0, 0.05) is 5.02 Å². The van der Waals surface area contributed by atoms with Crippen molar-refractivity contribution < 1.29 is 18.0 Å². The number of aromatic nitrogens is 2. The number of halogens is 5. The molecule has 1 amide bonds. The van der Waals surface area contributed by atoms with Crippen LogP contribution >= 0.6 is 27.5 Å². The van der Waals surface area contributed by atoms with E-state index in [9.17, 15) is 18.0 Å². The molecular formula is C13H10BrClF3N3O. The summed E-state index contributed by atoms with van der Waals surface area (Å²) >= 11 is 8.93. The third kappa shape index (κ3) is 3.80. The van der Waals surface area contributed by atoms with Crippen LogP contribution in [0.5, 0.6) is 0 Å². The fraction of sp³-hybridized carbons (Fsp3) is 0.231. The van der Waals surface area contributed by atoms with E-state index in [0.29, 0.717) is 21.7 Å². The van der Waals surface area contributed by atoms with Gasteiger partial charge in [0.2, 0.25) is 0 Å². The average molecular weight is 397 g/mol. The topological polar surface area (TPSA) is 46.9 Å². The van der Waals surface area contributed by atoms with Gasteiger partial charge in [0.05, 0.1) is 16.7 Å². The second kappa shape index (κ2) is 6.29. The lowest BCUT2D eigenvalue weighted by atomic mass is 10.2. The Morgan fingerprint density at radius 3 is 2.50 bits per heavy atom. The van der Waals surface area contributed by atoms with Crippen molar-refractivity contribution >= 4 is 39.3 Å². The van der Waals surface area contributed by atoms with Gasteiger partial charge in [-0.25, -0.2) is 0 Å². The van der Waals surface area contributed by atoms with Crippen LogP contribution in [0.25, 0.3) is 0 Å². The highest BCUT2D eigenvalue weighted by Crippen LogP contribution is 2.27. The lowest BCUT2D eigenvalue weighted by Crippen LogP contribution is -2.30. The van der Waals surface area contributed by atoms with Crippen molar-refractivity contribution in [3.05, 3.63) is 45.0 Å². The first-order valence-corrected chi connectivity index (χ1v) is 7.21. The van der Waals surface area contributed by atoms with Crippen LogP contribution in [0.4, 0.5) is 19.0 Å². The molecule has 0 spiro atoms. The molecule has 1 aromatic heterocycles. The SMILES string of the molecule is Cc1c(Br)c(NC(=O)C(F)(F)F)nn1Cc1ccc(Cl)cc1. The van der Waals surface area contributed by atoms with Gasteiger partial charge in [-0.2, -0.15) is 18.3 Å². The molecule has 0 bridgehead atoms. The number of amides is 1. The van der Waals surface area contributed by atoms with Gasteiger partial charge in [-0.3, -0.25) is 9.48 Å². The van der Waals surface area contributed by atoms with Crippen molar-refractivity contribution in [2.45, 2.75) is 19.6 Å². The number of hydrogen-bond donors (Lipinski definition) is 1. The summed E-state index contributed by atoms with van der Waals surface area (Å²) in [6.07, 6.45) is -4.96. The van der Waals surface area contributed by atoms with Crippen molar-refractivity contribution in [1.82, 2.24) is 9.78 Å². The quantitative estimate of drug-likeness (QED) is 0.847. The van der Waals surface area contributed by atoms with Crippen LogP contribution < -0.4 is 5.32 Å². The summed E-state index contributed by atoms with van der Waals surface area (Å²) in [5.41, 5.74) is 1.46. The highest BCUT2D eigenvalue weighted by molar-refractivity contribution is 9.10. The number of benzene rings is 1. The average Bonchev–Trinajstić information content (AvgIpc) is 2.69. The van der Waals surface area contributed by atoms with Crippen LogP contribution in [0.15, 0.2) is 28.7 Å². The molecule has 0 radical (unpaired) electrons. The summed E-state index contributed by atoms with van der Waals surface area (Å²) in [5, 5.41) is 6.31. The van der Waals surface area contributed by atoms with E-state index in [2.05, 4.69) is 21.0 Å². The Morgan fingerprint density at radius 2 is 1.95 bits per heavy atom. The number of anilines is 1. The van der Waals surface area contributed by atoms with E-state index in [1.807, 2.05) is 0 Å². The lowest BCUT2D eigenvalue weighted by Gasteiger charge is -2.05.